The maximum Gasteiger partial charge on any atom is 0.252 e. The first-order valence-corrected chi connectivity index (χ1v) is 5.71. The number of hydrogen-bond donors (Lipinski definition) is 2. The van der Waals surface area contributed by atoms with Crippen LogP contribution in [0.4, 0.5) is 0 Å². The summed E-state index contributed by atoms with van der Waals surface area (Å²) in [5.74, 6) is -0.0540. The molecule has 0 aliphatic rings. The molecule has 1 amide bonds. The van der Waals surface area contributed by atoms with Crippen LogP contribution in [0.25, 0.3) is 0 Å². The zero-order valence-corrected chi connectivity index (χ0v) is 10.4. The largest absolute Gasteiger partial charge is 0.349 e. The fourth-order valence-corrected chi connectivity index (χ4v) is 1.70. The molecule has 1 aromatic carbocycles. The summed E-state index contributed by atoms with van der Waals surface area (Å²) in [5, 5.41) is 2.79. The van der Waals surface area contributed by atoms with Crippen LogP contribution in [-0.2, 0) is 0 Å². The fraction of sp³-hybridized carbons (Fsp3) is 0.182. The lowest BCUT2D eigenvalue weighted by atomic mass is 10.2. The summed E-state index contributed by atoms with van der Waals surface area (Å²) >= 11 is 2.15. The average Bonchev–Trinajstić information content (AvgIpc) is 2.25. The van der Waals surface area contributed by atoms with E-state index in [1.807, 2.05) is 36.4 Å². The van der Waals surface area contributed by atoms with Crippen LogP contribution in [0.15, 0.2) is 36.4 Å². The van der Waals surface area contributed by atoms with Gasteiger partial charge in [-0.1, -0.05) is 24.3 Å². The monoisotopic (exact) mass is 316 g/mol. The minimum absolute atomic E-state index is 0.0540. The second kappa shape index (κ2) is 6.58. The highest BCUT2D eigenvalue weighted by Gasteiger charge is 2.06. The Morgan fingerprint density at radius 2 is 2.13 bits per heavy atom. The Morgan fingerprint density at radius 3 is 2.80 bits per heavy atom. The van der Waals surface area contributed by atoms with E-state index in [-0.39, 0.29) is 5.91 Å². The molecule has 80 valence electrons. The quantitative estimate of drug-likeness (QED) is 0.654. The van der Waals surface area contributed by atoms with E-state index in [0.717, 1.165) is 3.57 Å². The van der Waals surface area contributed by atoms with Gasteiger partial charge in [-0.2, -0.15) is 0 Å². The Bertz CT molecular complexity index is 363. The second-order valence-corrected chi connectivity index (χ2v) is 4.06. The van der Waals surface area contributed by atoms with Crippen LogP contribution >= 0.6 is 22.6 Å². The number of carbonyl (C=O) groups excluding carboxylic acids is 1. The van der Waals surface area contributed by atoms with Gasteiger partial charge in [0.2, 0.25) is 0 Å². The van der Waals surface area contributed by atoms with Gasteiger partial charge in [-0.05, 0) is 34.7 Å². The number of nitrogens with two attached hydrogens (primary N) is 1. The minimum atomic E-state index is -0.0540. The van der Waals surface area contributed by atoms with Crippen molar-refractivity contribution in [2.75, 3.05) is 13.1 Å². The maximum absolute atomic E-state index is 11.6. The Kier molecular flexibility index (Phi) is 5.34. The highest BCUT2D eigenvalue weighted by Crippen LogP contribution is 2.10. The van der Waals surface area contributed by atoms with E-state index < -0.39 is 0 Å². The molecule has 0 saturated carbocycles. The van der Waals surface area contributed by atoms with E-state index in [9.17, 15) is 4.79 Å². The molecule has 0 aromatic heterocycles. The van der Waals surface area contributed by atoms with Gasteiger partial charge in [-0.25, -0.2) is 0 Å². The number of carbonyl (C=O) groups is 1. The number of halogens is 1. The summed E-state index contributed by atoms with van der Waals surface area (Å²) in [7, 11) is 0. The molecule has 0 bridgehead atoms. The van der Waals surface area contributed by atoms with E-state index in [4.69, 9.17) is 5.73 Å². The van der Waals surface area contributed by atoms with Gasteiger partial charge in [0.1, 0.15) is 0 Å². The molecule has 0 saturated heterocycles. The fourth-order valence-electron chi connectivity index (χ4n) is 1.07. The zero-order chi connectivity index (χ0) is 11.1. The van der Waals surface area contributed by atoms with Crippen molar-refractivity contribution in [3.8, 4) is 0 Å². The van der Waals surface area contributed by atoms with Crippen molar-refractivity contribution in [3.05, 3.63) is 45.6 Å². The predicted octanol–water partition coefficient (Wildman–Crippen LogP) is 1.54. The molecule has 0 aliphatic carbocycles. The molecule has 3 N–H and O–H groups in total. The van der Waals surface area contributed by atoms with Gasteiger partial charge in [-0.3, -0.25) is 4.79 Å². The van der Waals surface area contributed by atoms with E-state index >= 15 is 0 Å². The first kappa shape index (κ1) is 12.2. The number of hydrogen-bond acceptors (Lipinski definition) is 2. The smallest absolute Gasteiger partial charge is 0.252 e. The average molecular weight is 316 g/mol. The van der Waals surface area contributed by atoms with Crippen LogP contribution in [0.3, 0.4) is 0 Å². The Morgan fingerprint density at radius 1 is 1.40 bits per heavy atom. The predicted molar refractivity (Wildman–Crippen MR) is 69.7 cm³/mol. The van der Waals surface area contributed by atoms with Crippen molar-refractivity contribution < 1.29 is 4.79 Å². The summed E-state index contributed by atoms with van der Waals surface area (Å²) in [6.45, 7) is 1.01. The highest BCUT2D eigenvalue weighted by atomic mass is 127. The molecule has 0 unspecified atom stereocenters. The number of benzene rings is 1. The molecule has 0 atom stereocenters. The minimum Gasteiger partial charge on any atom is -0.349 e. The number of nitrogens with one attached hydrogen (secondary N) is 1. The van der Waals surface area contributed by atoms with Crippen LogP contribution in [0, 0.1) is 3.57 Å². The first-order valence-electron chi connectivity index (χ1n) is 4.63. The third kappa shape index (κ3) is 4.01. The molecule has 3 nitrogen and oxygen atoms in total. The van der Waals surface area contributed by atoms with Gasteiger partial charge in [0.15, 0.2) is 0 Å². The van der Waals surface area contributed by atoms with Gasteiger partial charge in [0, 0.05) is 16.7 Å². The molecule has 15 heavy (non-hydrogen) atoms. The summed E-state index contributed by atoms with van der Waals surface area (Å²) in [6, 6.07) is 7.48. The van der Waals surface area contributed by atoms with Gasteiger partial charge >= 0.3 is 0 Å². The number of amides is 1. The summed E-state index contributed by atoms with van der Waals surface area (Å²) < 4.78 is 0.954. The third-order valence-corrected chi connectivity index (χ3v) is 2.74. The summed E-state index contributed by atoms with van der Waals surface area (Å²) in [6.07, 6.45) is 3.66. The van der Waals surface area contributed by atoms with E-state index in [1.165, 1.54) is 0 Å². The van der Waals surface area contributed by atoms with E-state index in [2.05, 4.69) is 27.9 Å². The maximum atomic E-state index is 11.6. The van der Waals surface area contributed by atoms with Crippen molar-refractivity contribution in [1.29, 1.82) is 0 Å². The van der Waals surface area contributed by atoms with Gasteiger partial charge in [-0.15, -0.1) is 0 Å². The van der Waals surface area contributed by atoms with Crippen LogP contribution in [-0.4, -0.2) is 19.0 Å². The van der Waals surface area contributed by atoms with Crippen molar-refractivity contribution in [2.45, 2.75) is 0 Å². The SMILES string of the molecule is NC/C=C/CNC(=O)c1ccccc1I. The molecule has 0 spiro atoms. The standard InChI is InChI=1S/C11H13IN2O/c12-10-6-2-1-5-9(10)11(15)14-8-4-3-7-13/h1-6H,7-8,13H2,(H,14,15)/b4-3+. The second-order valence-electron chi connectivity index (χ2n) is 2.90. The van der Waals surface area contributed by atoms with Gasteiger partial charge in [0.25, 0.3) is 5.91 Å². The highest BCUT2D eigenvalue weighted by molar-refractivity contribution is 14.1. The molecular weight excluding hydrogens is 303 g/mol. The summed E-state index contributed by atoms with van der Waals surface area (Å²) in [4.78, 5) is 11.6. The van der Waals surface area contributed by atoms with Crippen LogP contribution in [0.5, 0.6) is 0 Å². The van der Waals surface area contributed by atoms with E-state index in [1.54, 1.807) is 0 Å². The molecule has 0 fully saturated rings. The van der Waals surface area contributed by atoms with Crippen molar-refractivity contribution in [3.63, 3.8) is 0 Å². The Labute approximate surface area is 103 Å². The van der Waals surface area contributed by atoms with Crippen molar-refractivity contribution in [2.24, 2.45) is 5.73 Å². The normalized spacial score (nSPS) is 10.5. The molecule has 4 heteroatoms. The summed E-state index contributed by atoms with van der Waals surface area (Å²) in [5.41, 5.74) is 5.99. The molecular formula is C11H13IN2O. The van der Waals surface area contributed by atoms with Gasteiger partial charge < -0.3 is 11.1 Å². The first-order chi connectivity index (χ1) is 7.25. The van der Waals surface area contributed by atoms with Crippen LogP contribution < -0.4 is 11.1 Å². The lowest BCUT2D eigenvalue weighted by Crippen LogP contribution is -2.24. The van der Waals surface area contributed by atoms with Gasteiger partial charge in [0.05, 0.1) is 5.56 Å². The lowest BCUT2D eigenvalue weighted by molar-refractivity contribution is 0.0957. The zero-order valence-electron chi connectivity index (χ0n) is 8.24. The lowest BCUT2D eigenvalue weighted by Gasteiger charge is -2.03. The Hall–Kier alpha value is -0.880. The van der Waals surface area contributed by atoms with Crippen LogP contribution in [0.2, 0.25) is 0 Å². The Balaban J connectivity index is 2.54. The topological polar surface area (TPSA) is 55.1 Å². The van der Waals surface area contributed by atoms with E-state index in [0.29, 0.717) is 18.7 Å². The number of rotatable bonds is 4. The molecule has 0 heterocycles. The third-order valence-electron chi connectivity index (χ3n) is 1.80. The van der Waals surface area contributed by atoms with Crippen LogP contribution in [0.1, 0.15) is 10.4 Å². The molecule has 1 aromatic rings. The van der Waals surface area contributed by atoms with Crippen molar-refractivity contribution >= 4 is 28.5 Å². The molecule has 0 aliphatic heterocycles. The van der Waals surface area contributed by atoms with Crippen molar-refractivity contribution in [1.82, 2.24) is 5.32 Å². The molecule has 0 radical (unpaired) electrons. The molecule has 1 rings (SSSR count).